The fourth-order valence-electron chi connectivity index (χ4n) is 8.12. The Morgan fingerprint density at radius 3 is 1.43 bits per heavy atom. The first-order chi connectivity index (χ1) is 26.3. The molecule has 0 radical (unpaired) electrons. The molecule has 0 aliphatic carbocycles. The van der Waals surface area contributed by atoms with Crippen molar-refractivity contribution in [3.05, 3.63) is 200 Å². The summed E-state index contributed by atoms with van der Waals surface area (Å²) in [6, 6.07) is 71.9. The summed E-state index contributed by atoms with van der Waals surface area (Å²) < 4.78 is 0. The van der Waals surface area contributed by atoms with Crippen molar-refractivity contribution in [2.45, 2.75) is 0 Å². The van der Waals surface area contributed by atoms with Gasteiger partial charge in [0.05, 0.1) is 0 Å². The Morgan fingerprint density at radius 2 is 0.755 bits per heavy atom. The molecular weight excluding hydrogens is 659 g/mol. The van der Waals surface area contributed by atoms with Gasteiger partial charge in [-0.15, -0.1) is 0 Å². The number of hydrogen-bond donors (Lipinski definition) is 0. The normalized spacial score (nSPS) is 12.7. The molecule has 10 rings (SSSR count). The Labute approximate surface area is 310 Å². The average molecular weight is 692 g/mol. The van der Waals surface area contributed by atoms with Crippen LogP contribution in [0.5, 0.6) is 0 Å². The highest BCUT2D eigenvalue weighted by atomic mass is 28.3. The van der Waals surface area contributed by atoms with Crippen LogP contribution >= 0.6 is 0 Å². The zero-order valence-electron chi connectivity index (χ0n) is 28.9. The van der Waals surface area contributed by atoms with E-state index >= 15 is 0 Å². The summed E-state index contributed by atoms with van der Waals surface area (Å²) in [4.78, 5) is 15.3. The molecule has 0 saturated heterocycles. The maximum absolute atomic E-state index is 5.17. The summed E-state index contributed by atoms with van der Waals surface area (Å²) in [6.07, 6.45) is 0. The van der Waals surface area contributed by atoms with E-state index in [4.69, 9.17) is 15.0 Å². The van der Waals surface area contributed by atoms with Crippen LogP contribution in [0.25, 0.3) is 67.2 Å². The third kappa shape index (κ3) is 5.23. The summed E-state index contributed by atoms with van der Waals surface area (Å²) >= 11 is 0. The lowest BCUT2D eigenvalue weighted by Gasteiger charge is -2.31. The third-order valence-electron chi connectivity index (χ3n) is 10.6. The van der Waals surface area contributed by atoms with Crippen LogP contribution in [-0.2, 0) is 0 Å². The van der Waals surface area contributed by atoms with E-state index in [1.807, 2.05) is 18.2 Å². The van der Waals surface area contributed by atoms with Gasteiger partial charge in [0, 0.05) is 16.7 Å². The monoisotopic (exact) mass is 691 g/mol. The van der Waals surface area contributed by atoms with Gasteiger partial charge < -0.3 is 0 Å². The van der Waals surface area contributed by atoms with Crippen LogP contribution in [0.15, 0.2) is 200 Å². The number of rotatable bonds is 6. The lowest BCUT2D eigenvalue weighted by atomic mass is 10.00. The van der Waals surface area contributed by atoms with Crippen LogP contribution < -0.4 is 20.7 Å². The quantitative estimate of drug-likeness (QED) is 0.163. The molecule has 4 heteroatoms. The number of benzene rings is 8. The van der Waals surface area contributed by atoms with Gasteiger partial charge in [-0.1, -0.05) is 188 Å². The second-order valence-electron chi connectivity index (χ2n) is 13.6. The second kappa shape index (κ2) is 12.8. The maximum atomic E-state index is 5.17. The molecule has 248 valence electrons. The number of aromatic nitrogens is 3. The van der Waals surface area contributed by atoms with Crippen molar-refractivity contribution in [1.82, 2.24) is 15.0 Å². The molecule has 0 saturated carbocycles. The van der Waals surface area contributed by atoms with E-state index in [9.17, 15) is 0 Å². The van der Waals surface area contributed by atoms with Gasteiger partial charge in [-0.2, -0.15) is 0 Å². The Bertz CT molecular complexity index is 2720. The molecule has 1 aliphatic heterocycles. The SMILES string of the molecule is c1ccc(-c2nc(-c3ccc(-c4ccc5ccccc5c4)cc3)nc(-c3ccc4c(c3)-c3ccccc3[Si]4(c3ccccc3)c3ccccc3)n2)cc1. The van der Waals surface area contributed by atoms with Crippen LogP contribution in [0.4, 0.5) is 0 Å². The molecule has 1 aromatic heterocycles. The Morgan fingerprint density at radius 1 is 0.283 bits per heavy atom. The Balaban J connectivity index is 1.12. The largest absolute Gasteiger partial charge is 0.208 e. The maximum Gasteiger partial charge on any atom is 0.180 e. The highest BCUT2D eigenvalue weighted by molar-refractivity contribution is 7.22. The van der Waals surface area contributed by atoms with E-state index in [0.29, 0.717) is 17.5 Å². The predicted octanol–water partition coefficient (Wildman–Crippen LogP) is 9.05. The molecule has 53 heavy (non-hydrogen) atoms. The lowest BCUT2D eigenvalue weighted by Crippen LogP contribution is -2.72. The van der Waals surface area contributed by atoms with Crippen LogP contribution in [0.3, 0.4) is 0 Å². The van der Waals surface area contributed by atoms with Crippen molar-refractivity contribution in [3.8, 4) is 56.4 Å². The molecule has 3 nitrogen and oxygen atoms in total. The van der Waals surface area contributed by atoms with Gasteiger partial charge in [-0.25, -0.2) is 15.0 Å². The summed E-state index contributed by atoms with van der Waals surface area (Å²) in [5.74, 6) is 1.96. The first-order valence-electron chi connectivity index (χ1n) is 18.0. The first kappa shape index (κ1) is 31.0. The van der Waals surface area contributed by atoms with Gasteiger partial charge >= 0.3 is 0 Å². The van der Waals surface area contributed by atoms with Gasteiger partial charge in [-0.05, 0) is 65.9 Å². The average Bonchev–Trinajstić information content (AvgIpc) is 3.55. The minimum absolute atomic E-state index is 0.650. The summed E-state index contributed by atoms with van der Waals surface area (Å²) in [5.41, 5.74) is 7.74. The van der Waals surface area contributed by atoms with Gasteiger partial charge in [0.2, 0.25) is 0 Å². The van der Waals surface area contributed by atoms with E-state index in [2.05, 4.69) is 182 Å². The van der Waals surface area contributed by atoms with Crippen molar-refractivity contribution in [2.24, 2.45) is 0 Å². The fourth-order valence-corrected chi connectivity index (χ4v) is 13.3. The fraction of sp³-hybridized carbons (Fsp3) is 0. The van der Waals surface area contributed by atoms with Gasteiger partial charge in [0.1, 0.15) is 0 Å². The van der Waals surface area contributed by atoms with E-state index in [0.717, 1.165) is 22.3 Å². The molecule has 9 aromatic rings. The zero-order chi connectivity index (χ0) is 35.2. The van der Waals surface area contributed by atoms with Gasteiger partial charge in [-0.3, -0.25) is 0 Å². The summed E-state index contributed by atoms with van der Waals surface area (Å²) in [7, 11) is -2.58. The van der Waals surface area contributed by atoms with Crippen molar-refractivity contribution < 1.29 is 0 Å². The van der Waals surface area contributed by atoms with Crippen LogP contribution in [-0.4, -0.2) is 23.0 Å². The molecule has 0 bridgehead atoms. The third-order valence-corrected chi connectivity index (χ3v) is 15.5. The van der Waals surface area contributed by atoms with Crippen molar-refractivity contribution >= 4 is 39.6 Å². The molecule has 0 atom stereocenters. The molecular formula is C49H33N3Si. The molecule has 1 aliphatic rings. The molecule has 2 heterocycles. The second-order valence-corrected chi connectivity index (χ2v) is 17.3. The number of nitrogens with zero attached hydrogens (tertiary/aromatic N) is 3. The molecule has 0 fully saturated rings. The van der Waals surface area contributed by atoms with E-state index in [1.54, 1.807) is 0 Å². The van der Waals surface area contributed by atoms with Crippen molar-refractivity contribution in [2.75, 3.05) is 0 Å². The van der Waals surface area contributed by atoms with Gasteiger partial charge in [0.25, 0.3) is 0 Å². The summed E-state index contributed by atoms with van der Waals surface area (Å²) in [6.45, 7) is 0. The molecule has 0 amide bonds. The van der Waals surface area contributed by atoms with Crippen LogP contribution in [0, 0.1) is 0 Å². The number of hydrogen-bond acceptors (Lipinski definition) is 3. The van der Waals surface area contributed by atoms with Crippen LogP contribution in [0.2, 0.25) is 0 Å². The molecule has 8 aromatic carbocycles. The van der Waals surface area contributed by atoms with E-state index < -0.39 is 8.07 Å². The van der Waals surface area contributed by atoms with Crippen molar-refractivity contribution in [3.63, 3.8) is 0 Å². The van der Waals surface area contributed by atoms with Crippen LogP contribution in [0.1, 0.15) is 0 Å². The minimum atomic E-state index is -2.58. The highest BCUT2D eigenvalue weighted by Crippen LogP contribution is 2.33. The topological polar surface area (TPSA) is 38.7 Å². The van der Waals surface area contributed by atoms with Gasteiger partial charge in [0.15, 0.2) is 25.5 Å². The van der Waals surface area contributed by atoms with Crippen molar-refractivity contribution in [1.29, 1.82) is 0 Å². The van der Waals surface area contributed by atoms with E-state index in [-0.39, 0.29) is 0 Å². The molecule has 0 spiro atoms. The standard InChI is InChI=1S/C49H33N3Si/c1-4-15-36(16-5-1)47-50-48(37-27-24-35(25-28-37)39-29-26-34-14-10-11-17-38(34)32-39)52-49(51-47)40-30-31-46-44(33-40)43-22-12-13-23-45(43)53(46,41-18-6-2-7-19-41)42-20-8-3-9-21-42/h1-33H. The predicted molar refractivity (Wildman–Crippen MR) is 222 cm³/mol. The lowest BCUT2D eigenvalue weighted by molar-refractivity contribution is 1.07. The Kier molecular flexibility index (Phi) is 7.48. The molecule has 0 N–H and O–H groups in total. The number of fused-ring (bicyclic) bond motifs is 4. The first-order valence-corrected chi connectivity index (χ1v) is 20.0. The zero-order valence-corrected chi connectivity index (χ0v) is 29.9. The minimum Gasteiger partial charge on any atom is -0.208 e. The Hall–Kier alpha value is -6.75. The smallest absolute Gasteiger partial charge is 0.180 e. The van der Waals surface area contributed by atoms with E-state index in [1.165, 1.54) is 48.2 Å². The molecule has 0 unspecified atom stereocenters. The highest BCUT2D eigenvalue weighted by Gasteiger charge is 2.48. The summed E-state index contributed by atoms with van der Waals surface area (Å²) in [5, 5.41) is 8.03.